The summed E-state index contributed by atoms with van der Waals surface area (Å²) in [7, 11) is -2.73. The van der Waals surface area contributed by atoms with Gasteiger partial charge in [-0.3, -0.25) is 9.11 Å². The van der Waals surface area contributed by atoms with E-state index in [0.29, 0.717) is 37.0 Å². The first-order valence-electron chi connectivity index (χ1n) is 10.4. The molecule has 2 aliphatic rings. The molecular formula is C21H29N5O4S. The number of benzene rings is 1. The first kappa shape index (κ1) is 21.8. The second-order valence-electron chi connectivity index (χ2n) is 8.33. The number of urea groups is 1. The third kappa shape index (κ3) is 4.93. The van der Waals surface area contributed by atoms with E-state index in [0.717, 1.165) is 16.9 Å². The Hall–Kier alpha value is -2.40. The van der Waals surface area contributed by atoms with Gasteiger partial charge < -0.3 is 20.3 Å². The molecule has 31 heavy (non-hydrogen) atoms. The van der Waals surface area contributed by atoms with E-state index in [-0.39, 0.29) is 29.6 Å². The monoisotopic (exact) mass is 447 g/mol. The minimum Gasteiger partial charge on any atom is -0.377 e. The fourth-order valence-corrected chi connectivity index (χ4v) is 5.36. The average Bonchev–Trinajstić information content (AvgIpc) is 3.01. The molecule has 4 rings (SSSR count). The number of carbonyl (C=O) groups is 1. The highest BCUT2D eigenvalue weighted by Crippen LogP contribution is 2.54. The predicted molar refractivity (Wildman–Crippen MR) is 123 cm³/mol. The van der Waals surface area contributed by atoms with Gasteiger partial charge in [0, 0.05) is 29.4 Å². The van der Waals surface area contributed by atoms with Gasteiger partial charge in [0.15, 0.2) is 5.82 Å². The molecule has 168 valence electrons. The Labute approximate surface area is 183 Å². The number of anilines is 2. The molecule has 0 aliphatic carbocycles. The van der Waals surface area contributed by atoms with Gasteiger partial charge >= 0.3 is 6.03 Å². The SMILES string of the molecule is CC(C)NC(=O)Nc1ccc(-c2nc3c(c(N4CCOC[C@@H]4C)n2)CS(O)(O)C3)cc1. The number of morpholine rings is 1. The Bertz CT molecular complexity index is 967. The number of ether oxygens (including phenoxy) is 1. The summed E-state index contributed by atoms with van der Waals surface area (Å²) in [6.07, 6.45) is 0. The molecule has 3 heterocycles. The number of rotatable bonds is 4. The van der Waals surface area contributed by atoms with Gasteiger partial charge in [-0.25, -0.2) is 14.8 Å². The number of hydrogen-bond acceptors (Lipinski definition) is 7. The van der Waals surface area contributed by atoms with Gasteiger partial charge in [0.2, 0.25) is 0 Å². The van der Waals surface area contributed by atoms with Crippen molar-refractivity contribution < 1.29 is 18.6 Å². The van der Waals surface area contributed by atoms with E-state index in [1.165, 1.54) is 0 Å². The highest BCUT2D eigenvalue weighted by molar-refractivity contribution is 8.23. The smallest absolute Gasteiger partial charge is 0.319 e. The van der Waals surface area contributed by atoms with Gasteiger partial charge in [0.25, 0.3) is 0 Å². The van der Waals surface area contributed by atoms with E-state index in [2.05, 4.69) is 27.4 Å². The Morgan fingerprint density at radius 3 is 2.65 bits per heavy atom. The summed E-state index contributed by atoms with van der Waals surface area (Å²) in [6, 6.07) is 7.23. The van der Waals surface area contributed by atoms with Crippen molar-refractivity contribution in [2.45, 2.75) is 44.4 Å². The molecule has 9 nitrogen and oxygen atoms in total. The number of nitrogens with one attached hydrogen (secondary N) is 2. The molecule has 2 aromatic rings. The van der Waals surface area contributed by atoms with Crippen LogP contribution in [0.25, 0.3) is 11.4 Å². The molecule has 1 aromatic carbocycles. The highest BCUT2D eigenvalue weighted by atomic mass is 32.3. The third-order valence-corrected chi connectivity index (χ3v) is 6.76. The van der Waals surface area contributed by atoms with Crippen LogP contribution in [-0.4, -0.2) is 56.9 Å². The van der Waals surface area contributed by atoms with Crippen LogP contribution in [0, 0.1) is 0 Å². The van der Waals surface area contributed by atoms with Gasteiger partial charge in [-0.05, 0) is 45.0 Å². The molecule has 0 spiro atoms. The zero-order valence-corrected chi connectivity index (χ0v) is 18.8. The molecule has 0 unspecified atom stereocenters. The lowest BCUT2D eigenvalue weighted by molar-refractivity contribution is 0.0984. The molecule has 2 amide bonds. The second kappa shape index (κ2) is 8.62. The molecule has 4 N–H and O–H groups in total. The van der Waals surface area contributed by atoms with Crippen LogP contribution in [0.3, 0.4) is 0 Å². The van der Waals surface area contributed by atoms with E-state index >= 15 is 0 Å². The summed E-state index contributed by atoms with van der Waals surface area (Å²) >= 11 is 0. The Morgan fingerprint density at radius 1 is 1.23 bits per heavy atom. The molecule has 0 radical (unpaired) electrons. The first-order chi connectivity index (χ1) is 14.7. The van der Waals surface area contributed by atoms with Crippen LogP contribution in [0.5, 0.6) is 0 Å². The van der Waals surface area contributed by atoms with Crippen molar-refractivity contribution in [3.8, 4) is 11.4 Å². The van der Waals surface area contributed by atoms with E-state index in [1.54, 1.807) is 12.1 Å². The predicted octanol–water partition coefficient (Wildman–Crippen LogP) is 3.66. The van der Waals surface area contributed by atoms with Gasteiger partial charge in [0.1, 0.15) is 5.82 Å². The van der Waals surface area contributed by atoms with Crippen LogP contribution in [0.15, 0.2) is 24.3 Å². The number of carbonyl (C=O) groups excluding carboxylic acids is 1. The summed E-state index contributed by atoms with van der Waals surface area (Å²) < 4.78 is 26.2. The van der Waals surface area contributed by atoms with E-state index in [1.807, 2.05) is 26.0 Å². The molecule has 1 fully saturated rings. The zero-order chi connectivity index (χ0) is 22.2. The van der Waals surface area contributed by atoms with Crippen LogP contribution in [0.2, 0.25) is 0 Å². The van der Waals surface area contributed by atoms with E-state index < -0.39 is 10.6 Å². The first-order valence-corrected chi connectivity index (χ1v) is 12.3. The van der Waals surface area contributed by atoms with Gasteiger partial charge in [-0.2, -0.15) is 10.6 Å². The minimum absolute atomic E-state index is 0.0485. The van der Waals surface area contributed by atoms with Crippen LogP contribution in [0.4, 0.5) is 16.3 Å². The normalized spacial score (nSPS) is 21.0. The summed E-state index contributed by atoms with van der Waals surface area (Å²) in [5.74, 6) is 1.63. The van der Waals surface area contributed by atoms with Crippen molar-refractivity contribution in [1.29, 1.82) is 0 Å². The third-order valence-electron chi connectivity index (χ3n) is 5.27. The van der Waals surface area contributed by atoms with E-state index in [4.69, 9.17) is 9.72 Å². The van der Waals surface area contributed by atoms with E-state index in [9.17, 15) is 13.9 Å². The average molecular weight is 448 g/mol. The van der Waals surface area contributed by atoms with Crippen LogP contribution in [0.1, 0.15) is 32.0 Å². The fraction of sp³-hybridized carbons (Fsp3) is 0.476. The highest BCUT2D eigenvalue weighted by Gasteiger charge is 2.34. The number of amides is 2. The molecule has 2 aliphatic heterocycles. The van der Waals surface area contributed by atoms with Crippen molar-refractivity contribution in [3.63, 3.8) is 0 Å². The van der Waals surface area contributed by atoms with Crippen LogP contribution < -0.4 is 15.5 Å². The van der Waals surface area contributed by atoms with Crippen molar-refractivity contribution in [1.82, 2.24) is 15.3 Å². The molecule has 0 saturated carbocycles. The molecule has 0 bridgehead atoms. The molecule has 1 saturated heterocycles. The zero-order valence-electron chi connectivity index (χ0n) is 18.0. The molecule has 1 atom stereocenters. The lowest BCUT2D eigenvalue weighted by Crippen LogP contribution is -2.44. The fourth-order valence-electron chi connectivity index (χ4n) is 3.83. The number of nitrogens with zero attached hydrogens (tertiary/aromatic N) is 3. The van der Waals surface area contributed by atoms with Gasteiger partial charge in [-0.15, -0.1) is 0 Å². The maximum absolute atomic E-state index is 11.9. The second-order valence-corrected chi connectivity index (χ2v) is 10.5. The summed E-state index contributed by atoms with van der Waals surface area (Å²) in [5, 5.41) is 5.58. The lowest BCUT2D eigenvalue weighted by Gasteiger charge is -2.35. The summed E-state index contributed by atoms with van der Waals surface area (Å²) in [6.45, 7) is 7.77. The number of fused-ring (bicyclic) bond motifs is 1. The van der Waals surface area contributed by atoms with Crippen molar-refractivity contribution >= 4 is 28.1 Å². The van der Waals surface area contributed by atoms with Crippen LogP contribution in [-0.2, 0) is 16.2 Å². The Morgan fingerprint density at radius 2 is 1.97 bits per heavy atom. The van der Waals surface area contributed by atoms with Gasteiger partial charge in [-0.1, -0.05) is 0 Å². The maximum atomic E-state index is 11.9. The topological polar surface area (TPSA) is 120 Å². The largest absolute Gasteiger partial charge is 0.377 e. The van der Waals surface area contributed by atoms with Crippen LogP contribution >= 0.6 is 10.6 Å². The molecular weight excluding hydrogens is 418 g/mol. The summed E-state index contributed by atoms with van der Waals surface area (Å²) in [4.78, 5) is 23.6. The lowest BCUT2D eigenvalue weighted by atomic mass is 10.1. The van der Waals surface area contributed by atoms with Gasteiger partial charge in [0.05, 0.1) is 36.5 Å². The standard InChI is InChI=1S/C21H29N5O4S/c1-13(2)22-21(27)23-16-6-4-15(5-7-16)19-24-18-12-31(28,29)11-17(18)20(25-19)26-8-9-30-10-14(26)3/h4-7,13-14,28-29H,8-12H2,1-3H3,(H2,22,23,27)/t14-/m0/s1. The maximum Gasteiger partial charge on any atom is 0.319 e. The molecule has 1 aromatic heterocycles. The number of hydrogen-bond donors (Lipinski definition) is 4. The summed E-state index contributed by atoms with van der Waals surface area (Å²) in [5.41, 5.74) is 2.97. The van der Waals surface area contributed by atoms with Crippen molar-refractivity contribution in [3.05, 3.63) is 35.5 Å². The van der Waals surface area contributed by atoms with Crippen molar-refractivity contribution in [2.24, 2.45) is 0 Å². The molecule has 10 heteroatoms. The number of aromatic nitrogens is 2. The quantitative estimate of drug-likeness (QED) is 0.564. The van der Waals surface area contributed by atoms with Crippen molar-refractivity contribution in [2.75, 3.05) is 30.0 Å². The Balaban J connectivity index is 1.65. The minimum atomic E-state index is -2.73. The Kier molecular flexibility index (Phi) is 6.07.